The maximum absolute atomic E-state index is 13.3. The van der Waals surface area contributed by atoms with Crippen molar-refractivity contribution < 1.29 is 4.39 Å². The van der Waals surface area contributed by atoms with Gasteiger partial charge in [-0.3, -0.25) is 4.39 Å². The summed E-state index contributed by atoms with van der Waals surface area (Å²) in [5, 5.41) is 0. The summed E-state index contributed by atoms with van der Waals surface area (Å²) in [6.07, 6.45) is 2.91. The Morgan fingerprint density at radius 2 is 2.10 bits per heavy atom. The summed E-state index contributed by atoms with van der Waals surface area (Å²) in [5.74, 6) is 0.533. The second-order valence-corrected chi connectivity index (χ2v) is 3.73. The highest BCUT2D eigenvalue weighted by Crippen LogP contribution is 2.39. The zero-order chi connectivity index (χ0) is 7.78. The average molecular weight is 140 g/mol. The minimum absolute atomic E-state index is 0.0481. The number of hydrogen-bond acceptors (Lipinski definition) is 0. The number of alkyl halides is 1. The molecule has 0 amide bonds. The van der Waals surface area contributed by atoms with E-state index in [1.807, 2.05) is 13.8 Å². The molecule has 0 saturated heterocycles. The fraction of sp³-hybridized carbons (Fsp3) is 1.00. The molecule has 56 valence electrons. The molecule has 1 fully saturated rings. The summed E-state index contributed by atoms with van der Waals surface area (Å²) < 4.78 is 13.3. The highest BCUT2D eigenvalue weighted by molar-refractivity contribution is 6.14. The van der Waals surface area contributed by atoms with E-state index >= 15 is 0 Å². The second kappa shape index (κ2) is 2.56. The van der Waals surface area contributed by atoms with Gasteiger partial charge in [-0.05, 0) is 18.3 Å². The predicted octanol–water partition coefficient (Wildman–Crippen LogP) is 2.28. The molecule has 2 heteroatoms. The molecule has 0 aromatic carbocycles. The van der Waals surface area contributed by atoms with Crippen LogP contribution in [0.15, 0.2) is 0 Å². The summed E-state index contributed by atoms with van der Waals surface area (Å²) in [5.41, 5.74) is -1.42. The quantitative estimate of drug-likeness (QED) is 0.527. The van der Waals surface area contributed by atoms with Crippen molar-refractivity contribution in [2.75, 3.05) is 0 Å². The lowest BCUT2D eigenvalue weighted by Gasteiger charge is -2.24. The van der Waals surface area contributed by atoms with Crippen LogP contribution in [0.25, 0.3) is 0 Å². The molecule has 1 atom stereocenters. The lowest BCUT2D eigenvalue weighted by atomic mass is 9.71. The first kappa shape index (κ1) is 8.09. The van der Waals surface area contributed by atoms with Crippen molar-refractivity contribution in [3.63, 3.8) is 0 Å². The Labute approximate surface area is 63.6 Å². The molecule has 1 aliphatic carbocycles. The van der Waals surface area contributed by atoms with Crippen molar-refractivity contribution in [1.29, 1.82) is 0 Å². The minimum Gasteiger partial charge on any atom is -0.255 e. The summed E-state index contributed by atoms with van der Waals surface area (Å²) in [6, 6.07) is 0. The normalized spacial score (nSPS) is 24.8. The van der Waals surface area contributed by atoms with Crippen molar-refractivity contribution in [3.8, 4) is 0 Å². The molecule has 0 aliphatic heterocycles. The highest BCUT2D eigenvalue weighted by atomic mass is 19.1. The van der Waals surface area contributed by atoms with Crippen molar-refractivity contribution in [1.82, 2.24) is 0 Å². The van der Waals surface area contributed by atoms with E-state index in [9.17, 15) is 4.39 Å². The molecule has 2 radical (unpaired) electrons. The zero-order valence-electron chi connectivity index (χ0n) is 6.73. The zero-order valence-corrected chi connectivity index (χ0v) is 6.73. The van der Waals surface area contributed by atoms with Crippen LogP contribution >= 0.6 is 0 Å². The van der Waals surface area contributed by atoms with Crippen LogP contribution in [-0.4, -0.2) is 13.4 Å². The topological polar surface area (TPSA) is 0 Å². The third-order valence-electron chi connectivity index (χ3n) is 2.26. The summed E-state index contributed by atoms with van der Waals surface area (Å²) >= 11 is 0. The van der Waals surface area contributed by atoms with Crippen LogP contribution in [0, 0.1) is 11.8 Å². The van der Waals surface area contributed by atoms with E-state index in [-0.39, 0.29) is 5.92 Å². The van der Waals surface area contributed by atoms with Crippen molar-refractivity contribution >= 4 is 7.85 Å². The largest absolute Gasteiger partial charge is 0.255 e. The Kier molecular flexibility index (Phi) is 2.07. The first-order valence-corrected chi connectivity index (χ1v) is 4.00. The fourth-order valence-electron chi connectivity index (χ4n) is 1.00. The van der Waals surface area contributed by atoms with Crippen LogP contribution in [0.3, 0.4) is 0 Å². The van der Waals surface area contributed by atoms with Crippen LogP contribution in [0.1, 0.15) is 33.1 Å². The van der Waals surface area contributed by atoms with Gasteiger partial charge in [0.2, 0.25) is 0 Å². The van der Waals surface area contributed by atoms with Gasteiger partial charge in [-0.2, -0.15) is 0 Å². The number of halogens is 1. The predicted molar refractivity (Wildman–Crippen MR) is 41.8 cm³/mol. The number of rotatable bonds is 3. The summed E-state index contributed by atoms with van der Waals surface area (Å²) in [4.78, 5) is 0. The van der Waals surface area contributed by atoms with E-state index in [1.54, 1.807) is 0 Å². The Morgan fingerprint density at radius 3 is 2.40 bits per heavy atom. The van der Waals surface area contributed by atoms with Crippen LogP contribution < -0.4 is 0 Å². The minimum atomic E-state index is -1.42. The van der Waals surface area contributed by atoms with Gasteiger partial charge >= 0.3 is 0 Å². The molecule has 0 aromatic heterocycles. The molecular weight excluding hydrogens is 126 g/mol. The van der Waals surface area contributed by atoms with E-state index in [4.69, 9.17) is 7.85 Å². The molecule has 1 unspecified atom stereocenters. The Balaban J connectivity index is 2.33. The van der Waals surface area contributed by atoms with E-state index in [0.717, 1.165) is 0 Å². The van der Waals surface area contributed by atoms with Gasteiger partial charge in [-0.1, -0.05) is 26.7 Å². The van der Waals surface area contributed by atoms with E-state index in [0.29, 0.717) is 12.3 Å². The Hall–Kier alpha value is -0.00506. The molecule has 0 aromatic rings. The fourth-order valence-corrected chi connectivity index (χ4v) is 1.00. The summed E-state index contributed by atoms with van der Waals surface area (Å²) in [6.45, 7) is 3.67. The maximum Gasteiger partial charge on any atom is 0.121 e. The van der Waals surface area contributed by atoms with Crippen molar-refractivity contribution in [2.45, 2.75) is 38.7 Å². The van der Waals surface area contributed by atoms with Gasteiger partial charge in [0.05, 0.1) is 5.57 Å². The molecular formula is C8H14BF. The molecule has 0 N–H and O–H groups in total. The summed E-state index contributed by atoms with van der Waals surface area (Å²) in [7, 11) is 5.43. The van der Waals surface area contributed by atoms with Gasteiger partial charge in [0.25, 0.3) is 0 Å². The second-order valence-electron chi connectivity index (χ2n) is 3.73. The molecule has 0 heterocycles. The first-order chi connectivity index (χ1) is 4.52. The monoisotopic (exact) mass is 140 g/mol. The molecule has 0 nitrogen and oxygen atoms in total. The SMILES string of the molecule is [B]C(F)(CC1CC1)C(C)C. The van der Waals surface area contributed by atoms with Crippen molar-refractivity contribution in [2.24, 2.45) is 11.8 Å². The average Bonchev–Trinajstić information content (AvgIpc) is 2.48. The third kappa shape index (κ3) is 2.00. The molecule has 10 heavy (non-hydrogen) atoms. The van der Waals surface area contributed by atoms with E-state index in [2.05, 4.69) is 0 Å². The smallest absolute Gasteiger partial charge is 0.121 e. The van der Waals surface area contributed by atoms with Crippen LogP contribution in [0.4, 0.5) is 4.39 Å². The van der Waals surface area contributed by atoms with Gasteiger partial charge in [0.1, 0.15) is 7.85 Å². The molecule has 1 aliphatic rings. The van der Waals surface area contributed by atoms with E-state index < -0.39 is 5.57 Å². The van der Waals surface area contributed by atoms with Crippen LogP contribution in [0.2, 0.25) is 0 Å². The van der Waals surface area contributed by atoms with Gasteiger partial charge in [0.15, 0.2) is 0 Å². The van der Waals surface area contributed by atoms with Gasteiger partial charge < -0.3 is 0 Å². The molecule has 1 rings (SSSR count). The van der Waals surface area contributed by atoms with Crippen molar-refractivity contribution in [3.05, 3.63) is 0 Å². The molecule has 0 spiro atoms. The van der Waals surface area contributed by atoms with Gasteiger partial charge in [-0.15, -0.1) is 0 Å². The molecule has 0 bridgehead atoms. The van der Waals surface area contributed by atoms with Crippen LogP contribution in [-0.2, 0) is 0 Å². The highest BCUT2D eigenvalue weighted by Gasteiger charge is 2.34. The Morgan fingerprint density at radius 1 is 1.60 bits per heavy atom. The van der Waals surface area contributed by atoms with E-state index in [1.165, 1.54) is 12.8 Å². The first-order valence-electron chi connectivity index (χ1n) is 4.00. The van der Waals surface area contributed by atoms with Crippen LogP contribution in [0.5, 0.6) is 0 Å². The Bertz CT molecular complexity index is 116. The lowest BCUT2D eigenvalue weighted by molar-refractivity contribution is 0.179. The maximum atomic E-state index is 13.3. The number of hydrogen-bond donors (Lipinski definition) is 0. The van der Waals surface area contributed by atoms with Gasteiger partial charge in [-0.25, -0.2) is 0 Å². The van der Waals surface area contributed by atoms with Gasteiger partial charge in [0, 0.05) is 0 Å². The molecule has 1 saturated carbocycles. The standard InChI is InChI=1S/C8H14BF/c1-6(2)8(9,10)5-7-3-4-7/h6-7H,3-5H2,1-2H3. The third-order valence-corrected chi connectivity index (χ3v) is 2.26. The lowest BCUT2D eigenvalue weighted by Crippen LogP contribution is -2.30.